The molecule has 1 N–H and O–H groups in total. The minimum Gasteiger partial charge on any atom is -0.356 e. The fourth-order valence-corrected chi connectivity index (χ4v) is 6.09. The molecular formula is C37H43F2N5O3S. The smallest absolute Gasteiger partial charge is 0.276 e. The largest absolute Gasteiger partial charge is 0.356 e. The van der Waals surface area contributed by atoms with Crippen molar-refractivity contribution in [3.8, 4) is 11.1 Å². The van der Waals surface area contributed by atoms with E-state index in [0.29, 0.717) is 41.7 Å². The average molecular weight is 676 g/mol. The van der Waals surface area contributed by atoms with Crippen LogP contribution in [0.4, 0.5) is 8.78 Å². The molecule has 0 saturated heterocycles. The second kappa shape index (κ2) is 18.3. The molecule has 0 unspecified atom stereocenters. The highest BCUT2D eigenvalue weighted by molar-refractivity contribution is 7.98. The number of alkyl halides is 1. The predicted molar refractivity (Wildman–Crippen MR) is 187 cm³/mol. The van der Waals surface area contributed by atoms with E-state index < -0.39 is 12.2 Å². The summed E-state index contributed by atoms with van der Waals surface area (Å²) in [6, 6.07) is 21.5. The summed E-state index contributed by atoms with van der Waals surface area (Å²) in [7, 11) is 0. The van der Waals surface area contributed by atoms with Crippen molar-refractivity contribution in [2.75, 3.05) is 32.7 Å². The Kier molecular flexibility index (Phi) is 13.9. The molecule has 0 aliphatic heterocycles. The first kappa shape index (κ1) is 36.5. The van der Waals surface area contributed by atoms with Crippen LogP contribution in [0.1, 0.15) is 43.0 Å². The number of likely N-dealkylation sites (N-methyl/N-ethyl adjacent to an activating group) is 1. The number of nitrogens with zero attached hydrogens (tertiary/aromatic N) is 4. The van der Waals surface area contributed by atoms with Crippen LogP contribution < -0.4 is 10.9 Å². The minimum absolute atomic E-state index is 0.0383. The van der Waals surface area contributed by atoms with Crippen molar-refractivity contribution in [2.24, 2.45) is 0 Å². The van der Waals surface area contributed by atoms with Gasteiger partial charge in [-0.2, -0.15) is 4.98 Å². The highest BCUT2D eigenvalue weighted by atomic mass is 32.2. The fraction of sp³-hybridized carbons (Fsp3) is 0.351. The van der Waals surface area contributed by atoms with Gasteiger partial charge in [-0.3, -0.25) is 14.4 Å². The number of carbonyl (C=O) groups excluding carboxylic acids is 2. The van der Waals surface area contributed by atoms with Gasteiger partial charge in [0.25, 0.3) is 5.56 Å². The number of benzene rings is 3. The summed E-state index contributed by atoms with van der Waals surface area (Å²) < 4.78 is 28.1. The van der Waals surface area contributed by atoms with Crippen molar-refractivity contribution < 1.29 is 18.4 Å². The molecule has 48 heavy (non-hydrogen) atoms. The van der Waals surface area contributed by atoms with Crippen LogP contribution in [0.25, 0.3) is 11.1 Å². The Bertz CT molecular complexity index is 1690. The van der Waals surface area contributed by atoms with Crippen LogP contribution in [0, 0.1) is 5.82 Å². The molecule has 0 spiro atoms. The molecule has 254 valence electrons. The molecule has 8 nitrogen and oxygen atoms in total. The van der Waals surface area contributed by atoms with Gasteiger partial charge >= 0.3 is 0 Å². The van der Waals surface area contributed by atoms with Crippen molar-refractivity contribution in [1.82, 2.24) is 24.7 Å². The van der Waals surface area contributed by atoms with E-state index in [1.54, 1.807) is 35.0 Å². The van der Waals surface area contributed by atoms with Crippen LogP contribution >= 0.6 is 11.8 Å². The lowest BCUT2D eigenvalue weighted by molar-refractivity contribution is -0.132. The number of thioether (sulfide) groups is 1. The number of carbonyl (C=O) groups is 2. The maximum atomic E-state index is 14.1. The Morgan fingerprint density at radius 2 is 1.48 bits per heavy atom. The SMILES string of the molecule is CCN(CC)CCN(Cc1ccc(-c2ccc(CF)cc2)cc1)C(=O)Cn1cc(CCNC(C)=O)c(=O)nc1SCc1ccc(F)cc1. The number of hydrogen-bond acceptors (Lipinski definition) is 6. The van der Waals surface area contributed by atoms with Gasteiger partial charge < -0.3 is 19.7 Å². The molecule has 1 heterocycles. The molecule has 0 aliphatic carbocycles. The number of hydrogen-bond donors (Lipinski definition) is 1. The summed E-state index contributed by atoms with van der Waals surface area (Å²) in [5, 5.41) is 3.09. The minimum atomic E-state index is -0.501. The number of rotatable bonds is 17. The molecule has 0 aliphatic rings. The standard InChI is InChI=1S/C37H43F2N5O3S/c1-4-42(5-2)20-21-43(23-29-8-14-32(15-9-29)31-12-6-28(22-38)7-13-31)35(46)25-44-24-33(18-19-40-27(3)45)36(47)41-37(44)48-26-30-10-16-34(39)17-11-30/h6-17,24H,4-5,18-23,25-26H2,1-3H3,(H,40,45). The van der Waals surface area contributed by atoms with Gasteiger partial charge in [0.1, 0.15) is 19.0 Å². The van der Waals surface area contributed by atoms with E-state index in [-0.39, 0.29) is 37.1 Å². The molecular weight excluding hydrogens is 633 g/mol. The average Bonchev–Trinajstić information content (AvgIpc) is 3.09. The maximum absolute atomic E-state index is 14.1. The molecule has 1 aromatic heterocycles. The quantitative estimate of drug-likeness (QED) is 0.112. The summed E-state index contributed by atoms with van der Waals surface area (Å²) in [5.41, 5.74) is 4.42. The van der Waals surface area contributed by atoms with Crippen LogP contribution in [0.15, 0.2) is 88.9 Å². The number of aromatic nitrogens is 2. The van der Waals surface area contributed by atoms with E-state index in [2.05, 4.69) is 29.0 Å². The first-order valence-corrected chi connectivity index (χ1v) is 17.1. The first-order chi connectivity index (χ1) is 23.2. The second-order valence-electron chi connectivity index (χ2n) is 11.5. The highest BCUT2D eigenvalue weighted by Crippen LogP contribution is 2.23. The van der Waals surface area contributed by atoms with Crippen molar-refractivity contribution in [3.63, 3.8) is 0 Å². The molecule has 4 aromatic rings. The van der Waals surface area contributed by atoms with E-state index in [1.807, 2.05) is 41.3 Å². The van der Waals surface area contributed by atoms with Crippen molar-refractivity contribution in [3.05, 3.63) is 117 Å². The van der Waals surface area contributed by atoms with Crippen molar-refractivity contribution >= 4 is 23.6 Å². The molecule has 0 radical (unpaired) electrons. The number of nitrogens with one attached hydrogen (secondary N) is 1. The van der Waals surface area contributed by atoms with Crippen LogP contribution in [-0.2, 0) is 41.5 Å². The van der Waals surface area contributed by atoms with E-state index in [9.17, 15) is 23.2 Å². The molecule has 0 atom stereocenters. The topological polar surface area (TPSA) is 87.5 Å². The molecule has 2 amide bonds. The lowest BCUT2D eigenvalue weighted by Gasteiger charge is -2.27. The number of halogens is 2. The Balaban J connectivity index is 1.58. The van der Waals surface area contributed by atoms with Crippen LogP contribution in [-0.4, -0.2) is 63.9 Å². The lowest BCUT2D eigenvalue weighted by Crippen LogP contribution is -2.40. The van der Waals surface area contributed by atoms with Crippen LogP contribution in [0.3, 0.4) is 0 Å². The summed E-state index contributed by atoms with van der Waals surface area (Å²) in [5.74, 6) is -0.230. The molecule has 0 fully saturated rings. The van der Waals surface area contributed by atoms with Crippen LogP contribution in [0.5, 0.6) is 0 Å². The molecule has 3 aromatic carbocycles. The summed E-state index contributed by atoms with van der Waals surface area (Å²) in [6.07, 6.45) is 1.94. The van der Waals surface area contributed by atoms with Gasteiger partial charge in [-0.1, -0.05) is 86.3 Å². The zero-order chi connectivity index (χ0) is 34.5. The fourth-order valence-electron chi connectivity index (χ4n) is 5.17. The monoisotopic (exact) mass is 675 g/mol. The third kappa shape index (κ3) is 10.8. The first-order valence-electron chi connectivity index (χ1n) is 16.1. The molecule has 11 heteroatoms. The Morgan fingerprint density at radius 3 is 2.06 bits per heavy atom. The summed E-state index contributed by atoms with van der Waals surface area (Å²) >= 11 is 1.30. The maximum Gasteiger partial charge on any atom is 0.276 e. The third-order valence-corrected chi connectivity index (χ3v) is 9.15. The molecule has 0 bridgehead atoms. The third-order valence-electron chi connectivity index (χ3n) is 8.09. The zero-order valence-electron chi connectivity index (χ0n) is 27.8. The van der Waals surface area contributed by atoms with E-state index in [1.165, 1.54) is 30.8 Å². The van der Waals surface area contributed by atoms with Gasteiger partial charge in [0.05, 0.1) is 0 Å². The Labute approximate surface area is 285 Å². The van der Waals surface area contributed by atoms with Gasteiger partial charge in [0, 0.05) is 50.6 Å². The second-order valence-corrected chi connectivity index (χ2v) is 12.4. The molecule has 4 rings (SSSR count). The van der Waals surface area contributed by atoms with E-state index in [4.69, 9.17) is 0 Å². The van der Waals surface area contributed by atoms with Gasteiger partial charge in [0.15, 0.2) is 5.16 Å². The highest BCUT2D eigenvalue weighted by Gasteiger charge is 2.19. The summed E-state index contributed by atoms with van der Waals surface area (Å²) in [6.45, 7) is 8.65. The van der Waals surface area contributed by atoms with Gasteiger partial charge in [-0.25, -0.2) is 8.78 Å². The van der Waals surface area contributed by atoms with Crippen molar-refractivity contribution in [1.29, 1.82) is 0 Å². The molecule has 0 saturated carbocycles. The van der Waals surface area contributed by atoms with Gasteiger partial charge in [0.2, 0.25) is 11.8 Å². The Hall–Kier alpha value is -4.35. The van der Waals surface area contributed by atoms with Gasteiger partial charge in [-0.05, 0) is 59.5 Å². The van der Waals surface area contributed by atoms with Gasteiger partial charge in [-0.15, -0.1) is 0 Å². The van der Waals surface area contributed by atoms with Crippen LogP contribution in [0.2, 0.25) is 0 Å². The van der Waals surface area contributed by atoms with E-state index in [0.717, 1.165) is 35.3 Å². The lowest BCUT2D eigenvalue weighted by atomic mass is 10.0. The summed E-state index contributed by atoms with van der Waals surface area (Å²) in [4.78, 5) is 46.9. The Morgan fingerprint density at radius 1 is 0.875 bits per heavy atom. The number of amides is 2. The van der Waals surface area contributed by atoms with Crippen molar-refractivity contribution in [2.45, 2.75) is 57.9 Å². The normalized spacial score (nSPS) is 11.1. The zero-order valence-corrected chi connectivity index (χ0v) is 28.6. The van der Waals surface area contributed by atoms with E-state index >= 15 is 0 Å². The predicted octanol–water partition coefficient (Wildman–Crippen LogP) is 5.86.